The molecule has 1 aromatic heterocycles. The number of thiophene rings is 1. The highest BCUT2D eigenvalue weighted by molar-refractivity contribution is 9.10. The molecular weight excluding hydrogens is 282 g/mol. The lowest BCUT2D eigenvalue weighted by Crippen LogP contribution is -2.11. The van der Waals surface area contributed by atoms with Crippen LogP contribution in [-0.2, 0) is 13.1 Å². The van der Waals surface area contributed by atoms with Crippen molar-refractivity contribution < 1.29 is 0 Å². The highest BCUT2D eigenvalue weighted by Gasteiger charge is 1.97. The fourth-order valence-corrected chi connectivity index (χ4v) is 3.02. The SMILES string of the molecule is Cc1cccc(CNCc2cc(Br)cs2)c1. The van der Waals surface area contributed by atoms with Gasteiger partial charge >= 0.3 is 0 Å². The molecule has 1 heterocycles. The lowest BCUT2D eigenvalue weighted by atomic mass is 10.1. The summed E-state index contributed by atoms with van der Waals surface area (Å²) in [4.78, 5) is 1.36. The first-order valence-electron chi connectivity index (χ1n) is 5.23. The second kappa shape index (κ2) is 5.62. The first kappa shape index (κ1) is 11.8. The van der Waals surface area contributed by atoms with Crippen LogP contribution in [0.4, 0.5) is 0 Å². The topological polar surface area (TPSA) is 12.0 Å². The van der Waals surface area contributed by atoms with Gasteiger partial charge in [-0.3, -0.25) is 0 Å². The van der Waals surface area contributed by atoms with E-state index in [9.17, 15) is 0 Å². The van der Waals surface area contributed by atoms with Crippen molar-refractivity contribution in [2.24, 2.45) is 0 Å². The van der Waals surface area contributed by atoms with Crippen LogP contribution >= 0.6 is 27.3 Å². The number of benzene rings is 1. The van der Waals surface area contributed by atoms with Crippen molar-refractivity contribution in [1.29, 1.82) is 0 Å². The highest BCUT2D eigenvalue weighted by Crippen LogP contribution is 2.19. The Morgan fingerprint density at radius 1 is 1.25 bits per heavy atom. The predicted molar refractivity (Wildman–Crippen MR) is 73.7 cm³/mol. The van der Waals surface area contributed by atoms with Crippen LogP contribution in [0.5, 0.6) is 0 Å². The van der Waals surface area contributed by atoms with Gasteiger partial charge in [0.05, 0.1) is 0 Å². The molecule has 0 aliphatic carbocycles. The predicted octanol–water partition coefficient (Wildman–Crippen LogP) is 4.11. The summed E-state index contributed by atoms with van der Waals surface area (Å²) in [6.45, 7) is 3.99. The van der Waals surface area contributed by atoms with Crippen molar-refractivity contribution in [3.63, 3.8) is 0 Å². The van der Waals surface area contributed by atoms with Crippen LogP contribution < -0.4 is 5.32 Å². The molecule has 0 saturated heterocycles. The summed E-state index contributed by atoms with van der Waals surface area (Å²) in [5.74, 6) is 0. The third-order valence-corrected chi connectivity index (χ3v) is 4.03. The van der Waals surface area contributed by atoms with Gasteiger partial charge in [0.15, 0.2) is 0 Å². The Hall–Kier alpha value is -0.640. The Morgan fingerprint density at radius 3 is 2.81 bits per heavy atom. The van der Waals surface area contributed by atoms with Crippen LogP contribution in [0.15, 0.2) is 40.2 Å². The molecule has 0 bridgehead atoms. The Balaban J connectivity index is 1.84. The summed E-state index contributed by atoms with van der Waals surface area (Å²) < 4.78 is 1.17. The maximum absolute atomic E-state index is 3.46. The van der Waals surface area contributed by atoms with Crippen LogP contribution in [0, 0.1) is 6.92 Å². The molecule has 16 heavy (non-hydrogen) atoms. The van der Waals surface area contributed by atoms with Gasteiger partial charge in [-0.1, -0.05) is 29.8 Å². The van der Waals surface area contributed by atoms with Gasteiger partial charge in [-0.05, 0) is 34.5 Å². The highest BCUT2D eigenvalue weighted by atomic mass is 79.9. The van der Waals surface area contributed by atoms with Crippen molar-refractivity contribution in [2.45, 2.75) is 20.0 Å². The molecule has 0 atom stereocenters. The summed E-state index contributed by atoms with van der Waals surface area (Å²) in [6.07, 6.45) is 0. The molecule has 3 heteroatoms. The second-order valence-electron chi connectivity index (χ2n) is 3.82. The maximum Gasteiger partial charge on any atom is 0.0303 e. The zero-order valence-electron chi connectivity index (χ0n) is 9.16. The molecular formula is C13H14BrNS. The maximum atomic E-state index is 3.46. The van der Waals surface area contributed by atoms with Gasteiger partial charge in [0.2, 0.25) is 0 Å². The monoisotopic (exact) mass is 295 g/mol. The normalized spacial score (nSPS) is 10.6. The smallest absolute Gasteiger partial charge is 0.0303 e. The van der Waals surface area contributed by atoms with Crippen molar-refractivity contribution in [2.75, 3.05) is 0 Å². The Bertz CT molecular complexity index is 464. The molecule has 2 rings (SSSR count). The van der Waals surface area contributed by atoms with Crippen molar-refractivity contribution in [1.82, 2.24) is 5.32 Å². The van der Waals surface area contributed by atoms with Gasteiger partial charge in [-0.25, -0.2) is 0 Å². The molecule has 1 nitrogen and oxygen atoms in total. The van der Waals surface area contributed by atoms with Crippen LogP contribution in [0.1, 0.15) is 16.0 Å². The van der Waals surface area contributed by atoms with Crippen molar-refractivity contribution >= 4 is 27.3 Å². The van der Waals surface area contributed by atoms with E-state index in [-0.39, 0.29) is 0 Å². The van der Waals surface area contributed by atoms with E-state index in [1.54, 1.807) is 11.3 Å². The number of hydrogen-bond acceptors (Lipinski definition) is 2. The molecule has 0 fully saturated rings. The third kappa shape index (κ3) is 3.44. The molecule has 0 radical (unpaired) electrons. The van der Waals surface area contributed by atoms with Gasteiger partial charge in [0.25, 0.3) is 0 Å². The lowest BCUT2D eigenvalue weighted by Gasteiger charge is -2.04. The summed E-state index contributed by atoms with van der Waals surface area (Å²) in [5.41, 5.74) is 2.66. The molecule has 0 spiro atoms. The quantitative estimate of drug-likeness (QED) is 0.895. The van der Waals surface area contributed by atoms with Crippen molar-refractivity contribution in [3.8, 4) is 0 Å². The minimum atomic E-state index is 0.928. The van der Waals surface area contributed by atoms with E-state index in [2.05, 4.69) is 63.9 Å². The van der Waals surface area contributed by atoms with Crippen LogP contribution in [-0.4, -0.2) is 0 Å². The average Bonchev–Trinajstić information content (AvgIpc) is 2.64. The first-order valence-corrected chi connectivity index (χ1v) is 6.90. The molecule has 0 aliphatic heterocycles. The minimum Gasteiger partial charge on any atom is -0.308 e. The summed E-state index contributed by atoms with van der Waals surface area (Å²) in [6, 6.07) is 10.8. The molecule has 1 aromatic carbocycles. The third-order valence-electron chi connectivity index (χ3n) is 2.33. The van der Waals surface area contributed by atoms with Gasteiger partial charge < -0.3 is 5.32 Å². The molecule has 2 aromatic rings. The van der Waals surface area contributed by atoms with E-state index in [1.807, 2.05) is 0 Å². The van der Waals surface area contributed by atoms with E-state index in [4.69, 9.17) is 0 Å². The van der Waals surface area contributed by atoms with Crippen LogP contribution in [0.3, 0.4) is 0 Å². The standard InChI is InChI=1S/C13H14BrNS/c1-10-3-2-4-11(5-10)7-15-8-13-6-12(14)9-16-13/h2-6,9,15H,7-8H2,1H3. The van der Waals surface area contributed by atoms with E-state index in [1.165, 1.54) is 20.5 Å². The number of aryl methyl sites for hydroxylation is 1. The van der Waals surface area contributed by atoms with Gasteiger partial charge in [-0.15, -0.1) is 11.3 Å². The summed E-state index contributed by atoms with van der Waals surface area (Å²) in [7, 11) is 0. The largest absolute Gasteiger partial charge is 0.308 e. The average molecular weight is 296 g/mol. The van der Waals surface area contributed by atoms with Crippen molar-refractivity contribution in [3.05, 3.63) is 56.2 Å². The van der Waals surface area contributed by atoms with E-state index in [0.29, 0.717) is 0 Å². The second-order valence-corrected chi connectivity index (χ2v) is 5.74. The van der Waals surface area contributed by atoms with Gasteiger partial charge in [-0.2, -0.15) is 0 Å². The van der Waals surface area contributed by atoms with Gasteiger partial charge in [0.1, 0.15) is 0 Å². The summed E-state index contributed by atoms with van der Waals surface area (Å²) >= 11 is 5.24. The van der Waals surface area contributed by atoms with Crippen LogP contribution in [0.25, 0.3) is 0 Å². The van der Waals surface area contributed by atoms with E-state index >= 15 is 0 Å². The molecule has 84 valence electrons. The molecule has 0 amide bonds. The van der Waals surface area contributed by atoms with E-state index < -0.39 is 0 Å². The Morgan fingerprint density at radius 2 is 2.12 bits per heavy atom. The minimum absolute atomic E-state index is 0.928. The molecule has 0 saturated carbocycles. The van der Waals surface area contributed by atoms with E-state index in [0.717, 1.165) is 13.1 Å². The number of hydrogen-bond donors (Lipinski definition) is 1. The Labute approximate surface area is 109 Å². The Kier molecular flexibility index (Phi) is 4.16. The number of rotatable bonds is 4. The summed E-state index contributed by atoms with van der Waals surface area (Å²) in [5, 5.41) is 5.56. The molecule has 1 N–H and O–H groups in total. The zero-order valence-corrected chi connectivity index (χ0v) is 11.6. The molecule has 0 aliphatic rings. The zero-order chi connectivity index (χ0) is 11.4. The first-order chi connectivity index (χ1) is 7.74. The van der Waals surface area contributed by atoms with Crippen LogP contribution in [0.2, 0.25) is 0 Å². The fourth-order valence-electron chi connectivity index (χ4n) is 1.60. The lowest BCUT2D eigenvalue weighted by molar-refractivity contribution is 0.700. The van der Waals surface area contributed by atoms with Gasteiger partial charge in [0, 0.05) is 27.8 Å². The number of halogens is 1. The fraction of sp³-hybridized carbons (Fsp3) is 0.231. The molecule has 0 unspecified atom stereocenters. The number of nitrogens with one attached hydrogen (secondary N) is 1.